The maximum Gasteiger partial charge on any atom is 0.237 e. The predicted molar refractivity (Wildman–Crippen MR) is 103 cm³/mol. The minimum atomic E-state index is -0.309. The number of aryl methyl sites for hydroxylation is 3. The first-order valence-corrected chi connectivity index (χ1v) is 9.23. The molecule has 0 bridgehead atoms. The Labute approximate surface area is 157 Å². The molecule has 3 rings (SSSR count). The molecule has 0 saturated heterocycles. The lowest BCUT2D eigenvalue weighted by Crippen LogP contribution is -2.23. The second-order valence-corrected chi connectivity index (χ2v) is 7.63. The van der Waals surface area contributed by atoms with E-state index >= 15 is 0 Å². The van der Waals surface area contributed by atoms with E-state index < -0.39 is 0 Å². The summed E-state index contributed by atoms with van der Waals surface area (Å²) in [5, 5.41) is 11.8. The lowest BCUT2D eigenvalue weighted by atomic mass is 10.1. The molecule has 136 valence electrons. The molecule has 6 nitrogen and oxygen atoms in total. The van der Waals surface area contributed by atoms with Crippen molar-refractivity contribution in [2.45, 2.75) is 38.1 Å². The number of hydrogen-bond donors (Lipinski definition) is 1. The smallest absolute Gasteiger partial charge is 0.237 e. The molecule has 2 heterocycles. The fraction of sp³-hybridized carbons (Fsp3) is 0.316. The molecule has 2 aromatic heterocycles. The van der Waals surface area contributed by atoms with E-state index in [9.17, 15) is 4.79 Å². The van der Waals surface area contributed by atoms with Gasteiger partial charge in [0, 0.05) is 12.7 Å². The van der Waals surface area contributed by atoms with E-state index in [1.807, 2.05) is 63.6 Å². The summed E-state index contributed by atoms with van der Waals surface area (Å²) in [6.07, 6.45) is 1.63. The topological polar surface area (TPSA) is 73.0 Å². The number of carbonyl (C=O) groups excluding carboxylic acids is 1. The molecule has 1 N–H and O–H groups in total. The van der Waals surface area contributed by atoms with Gasteiger partial charge in [0.1, 0.15) is 5.76 Å². The van der Waals surface area contributed by atoms with Crippen LogP contribution in [0.2, 0.25) is 0 Å². The highest BCUT2D eigenvalue weighted by molar-refractivity contribution is 8.00. The van der Waals surface area contributed by atoms with Gasteiger partial charge in [-0.3, -0.25) is 4.79 Å². The van der Waals surface area contributed by atoms with Crippen LogP contribution < -0.4 is 5.32 Å². The van der Waals surface area contributed by atoms with Gasteiger partial charge in [-0.05, 0) is 51.0 Å². The zero-order chi connectivity index (χ0) is 18.8. The van der Waals surface area contributed by atoms with E-state index in [0.717, 1.165) is 34.0 Å². The molecule has 0 aliphatic heterocycles. The average Bonchev–Trinajstić information content (AvgIpc) is 3.17. The standard InChI is InChI=1S/C19H22N4O2S/c1-11-6-7-12(2)16(10-11)20-18(24)14(4)26-19-22-21-17(23(19)5)15-8-9-25-13(15)3/h6-10,14H,1-5H3,(H,20,24). The average molecular weight is 370 g/mol. The number of anilines is 1. The van der Waals surface area contributed by atoms with Crippen molar-refractivity contribution in [1.82, 2.24) is 14.8 Å². The number of thioether (sulfide) groups is 1. The Hall–Kier alpha value is -2.54. The van der Waals surface area contributed by atoms with Crippen LogP contribution in [0.4, 0.5) is 5.69 Å². The van der Waals surface area contributed by atoms with Gasteiger partial charge < -0.3 is 14.3 Å². The third kappa shape index (κ3) is 3.67. The zero-order valence-corrected chi connectivity index (χ0v) is 16.3. The first-order valence-electron chi connectivity index (χ1n) is 8.35. The Morgan fingerprint density at radius 3 is 2.69 bits per heavy atom. The van der Waals surface area contributed by atoms with Crippen LogP contribution in [0.1, 0.15) is 23.8 Å². The number of aromatic nitrogens is 3. The van der Waals surface area contributed by atoms with Crippen molar-refractivity contribution in [3.8, 4) is 11.4 Å². The molecule has 1 atom stereocenters. The summed E-state index contributed by atoms with van der Waals surface area (Å²) < 4.78 is 7.22. The van der Waals surface area contributed by atoms with Gasteiger partial charge in [0.2, 0.25) is 5.91 Å². The van der Waals surface area contributed by atoms with Gasteiger partial charge >= 0.3 is 0 Å². The molecular weight excluding hydrogens is 348 g/mol. The third-order valence-electron chi connectivity index (χ3n) is 4.24. The lowest BCUT2D eigenvalue weighted by Gasteiger charge is -2.13. The number of nitrogens with zero attached hydrogens (tertiary/aromatic N) is 3. The van der Waals surface area contributed by atoms with E-state index in [-0.39, 0.29) is 11.2 Å². The number of nitrogens with one attached hydrogen (secondary N) is 1. The summed E-state index contributed by atoms with van der Waals surface area (Å²) in [7, 11) is 1.89. The van der Waals surface area contributed by atoms with Crippen LogP contribution in [-0.2, 0) is 11.8 Å². The SMILES string of the molecule is Cc1ccc(C)c(NC(=O)C(C)Sc2nnc(-c3ccoc3C)n2C)c1. The molecule has 0 spiro atoms. The Balaban J connectivity index is 1.73. The first-order chi connectivity index (χ1) is 12.4. The summed E-state index contributed by atoms with van der Waals surface area (Å²) in [6, 6.07) is 7.88. The van der Waals surface area contributed by atoms with Crippen LogP contribution in [0.5, 0.6) is 0 Å². The van der Waals surface area contributed by atoms with Crippen molar-refractivity contribution in [3.63, 3.8) is 0 Å². The molecule has 1 aromatic carbocycles. The molecule has 0 saturated carbocycles. The maximum atomic E-state index is 12.6. The number of furan rings is 1. The van der Waals surface area contributed by atoms with E-state index in [1.165, 1.54) is 11.8 Å². The summed E-state index contributed by atoms with van der Waals surface area (Å²) in [5.74, 6) is 1.45. The van der Waals surface area contributed by atoms with Crippen LogP contribution in [-0.4, -0.2) is 25.9 Å². The van der Waals surface area contributed by atoms with Crippen molar-refractivity contribution >= 4 is 23.4 Å². The van der Waals surface area contributed by atoms with Crippen LogP contribution >= 0.6 is 11.8 Å². The van der Waals surface area contributed by atoms with Gasteiger partial charge in [-0.1, -0.05) is 23.9 Å². The van der Waals surface area contributed by atoms with Gasteiger partial charge in [0.05, 0.1) is 17.1 Å². The van der Waals surface area contributed by atoms with Gasteiger partial charge in [0.25, 0.3) is 0 Å². The third-order valence-corrected chi connectivity index (χ3v) is 5.37. The molecular formula is C19H22N4O2S. The Morgan fingerprint density at radius 2 is 2.00 bits per heavy atom. The highest BCUT2D eigenvalue weighted by Gasteiger charge is 2.21. The van der Waals surface area contributed by atoms with Gasteiger partial charge in [-0.15, -0.1) is 10.2 Å². The minimum absolute atomic E-state index is 0.0623. The van der Waals surface area contributed by atoms with E-state index in [4.69, 9.17) is 4.42 Å². The number of benzene rings is 1. The summed E-state index contributed by atoms with van der Waals surface area (Å²) in [6.45, 7) is 7.74. The Morgan fingerprint density at radius 1 is 1.23 bits per heavy atom. The van der Waals surface area contributed by atoms with Gasteiger partial charge in [-0.2, -0.15) is 0 Å². The van der Waals surface area contributed by atoms with Crippen LogP contribution in [0.15, 0.2) is 40.1 Å². The lowest BCUT2D eigenvalue weighted by molar-refractivity contribution is -0.115. The largest absolute Gasteiger partial charge is 0.469 e. The van der Waals surface area contributed by atoms with Crippen LogP contribution in [0, 0.1) is 20.8 Å². The number of amides is 1. The quantitative estimate of drug-likeness (QED) is 0.684. The van der Waals surface area contributed by atoms with Crippen LogP contribution in [0.3, 0.4) is 0 Å². The molecule has 1 unspecified atom stereocenters. The molecule has 7 heteroatoms. The molecule has 26 heavy (non-hydrogen) atoms. The van der Waals surface area contributed by atoms with Crippen molar-refractivity contribution in [3.05, 3.63) is 47.4 Å². The molecule has 0 radical (unpaired) electrons. The maximum absolute atomic E-state index is 12.6. The number of hydrogen-bond acceptors (Lipinski definition) is 5. The summed E-state index contributed by atoms with van der Waals surface area (Å²) in [4.78, 5) is 12.6. The first kappa shape index (κ1) is 18.3. The number of carbonyl (C=O) groups is 1. The predicted octanol–water partition coefficient (Wildman–Crippen LogP) is 4.12. The normalized spacial score (nSPS) is 12.2. The van der Waals surface area contributed by atoms with Crippen molar-refractivity contribution in [2.75, 3.05) is 5.32 Å². The summed E-state index contributed by atoms with van der Waals surface area (Å²) in [5.41, 5.74) is 3.90. The Kier molecular flexibility index (Phi) is 5.18. The van der Waals surface area contributed by atoms with E-state index in [2.05, 4.69) is 15.5 Å². The second kappa shape index (κ2) is 7.37. The van der Waals surface area contributed by atoms with Crippen LogP contribution in [0.25, 0.3) is 11.4 Å². The van der Waals surface area contributed by atoms with E-state index in [0.29, 0.717) is 5.16 Å². The van der Waals surface area contributed by atoms with E-state index in [1.54, 1.807) is 6.26 Å². The Bertz CT molecular complexity index is 945. The zero-order valence-electron chi connectivity index (χ0n) is 15.5. The van der Waals surface area contributed by atoms with Crippen molar-refractivity contribution < 1.29 is 9.21 Å². The second-order valence-electron chi connectivity index (χ2n) is 6.32. The summed E-state index contributed by atoms with van der Waals surface area (Å²) >= 11 is 1.38. The molecule has 3 aromatic rings. The van der Waals surface area contributed by atoms with Crippen molar-refractivity contribution in [1.29, 1.82) is 0 Å². The fourth-order valence-electron chi connectivity index (χ4n) is 2.59. The molecule has 0 aliphatic carbocycles. The highest BCUT2D eigenvalue weighted by atomic mass is 32.2. The van der Waals surface area contributed by atoms with Gasteiger partial charge in [-0.25, -0.2) is 0 Å². The highest BCUT2D eigenvalue weighted by Crippen LogP contribution is 2.28. The molecule has 0 aliphatic rings. The minimum Gasteiger partial charge on any atom is -0.469 e. The number of rotatable bonds is 5. The fourth-order valence-corrected chi connectivity index (χ4v) is 3.40. The van der Waals surface area contributed by atoms with Gasteiger partial charge in [0.15, 0.2) is 11.0 Å². The van der Waals surface area contributed by atoms with Crippen molar-refractivity contribution in [2.24, 2.45) is 7.05 Å². The monoisotopic (exact) mass is 370 g/mol. The molecule has 0 fully saturated rings. The molecule has 1 amide bonds.